The summed E-state index contributed by atoms with van der Waals surface area (Å²) in [5, 5.41) is 0. The van der Waals surface area contributed by atoms with E-state index in [0.29, 0.717) is 0 Å². The van der Waals surface area contributed by atoms with Gasteiger partial charge in [0.05, 0.1) is 6.10 Å². The van der Waals surface area contributed by atoms with Crippen LogP contribution in [0.15, 0.2) is 42.5 Å². The Hall–Kier alpha value is -1.12. The zero-order valence-electron chi connectivity index (χ0n) is 13.4. The molecule has 0 fully saturated rings. The van der Waals surface area contributed by atoms with Crippen LogP contribution >= 0.6 is 0 Å². The molecule has 0 N–H and O–H groups in total. The monoisotopic (exact) mass is 288 g/mol. The number of hydrogen-bond acceptors (Lipinski definition) is 1. The van der Waals surface area contributed by atoms with Crippen LogP contribution in [0.4, 0.5) is 0 Å². The average molecular weight is 289 g/mol. The summed E-state index contributed by atoms with van der Waals surface area (Å²) in [6.07, 6.45) is 13.5. The Morgan fingerprint density at radius 2 is 1.70 bits per heavy atom. The third-order valence-electron chi connectivity index (χ3n) is 3.57. The fourth-order valence-corrected chi connectivity index (χ4v) is 2.60. The summed E-state index contributed by atoms with van der Waals surface area (Å²) in [7, 11) is 0.781. The van der Waals surface area contributed by atoms with E-state index < -0.39 is 0 Å². The minimum Gasteiger partial charge on any atom is -0.421 e. The van der Waals surface area contributed by atoms with Gasteiger partial charge in [-0.3, -0.25) is 0 Å². The standard InChI is InChI=1S/C18H28OSi/c1-4-6-8-11-16-12-10-14-17(15(3)19-20)18(16)13-9-7-5-2/h6-10,12,14-15H,4-5,11,13H2,1-3,20H3. The zero-order chi connectivity index (χ0) is 14.8. The molecule has 0 saturated heterocycles. The van der Waals surface area contributed by atoms with E-state index >= 15 is 0 Å². The van der Waals surface area contributed by atoms with Crippen molar-refractivity contribution in [3.63, 3.8) is 0 Å². The quantitative estimate of drug-likeness (QED) is 0.518. The van der Waals surface area contributed by atoms with Gasteiger partial charge in [-0.15, -0.1) is 0 Å². The Bertz CT molecular complexity index is 449. The molecule has 0 aromatic heterocycles. The molecule has 0 amide bonds. The molecule has 1 unspecified atom stereocenters. The Labute approximate surface area is 127 Å². The van der Waals surface area contributed by atoms with E-state index in [1.807, 2.05) is 0 Å². The zero-order valence-corrected chi connectivity index (χ0v) is 15.4. The molecular weight excluding hydrogens is 260 g/mol. The first-order chi connectivity index (χ1) is 9.74. The van der Waals surface area contributed by atoms with Crippen LogP contribution in [-0.2, 0) is 17.3 Å². The average Bonchev–Trinajstić information content (AvgIpc) is 2.48. The molecule has 0 spiro atoms. The summed E-state index contributed by atoms with van der Waals surface area (Å²) in [5.74, 6) is 0. The molecule has 0 aliphatic carbocycles. The van der Waals surface area contributed by atoms with E-state index in [1.54, 1.807) is 0 Å². The van der Waals surface area contributed by atoms with Crippen LogP contribution in [0.25, 0.3) is 0 Å². The molecule has 0 aliphatic heterocycles. The Kier molecular flexibility index (Phi) is 8.24. The molecule has 2 heteroatoms. The lowest BCUT2D eigenvalue weighted by molar-refractivity contribution is 0.249. The Morgan fingerprint density at radius 3 is 2.30 bits per heavy atom. The van der Waals surface area contributed by atoms with Gasteiger partial charge in [0.1, 0.15) is 10.5 Å². The largest absolute Gasteiger partial charge is 0.421 e. The first-order valence-corrected chi connectivity index (χ1v) is 8.49. The second-order valence-corrected chi connectivity index (χ2v) is 5.50. The minimum atomic E-state index is 0.210. The highest BCUT2D eigenvalue weighted by molar-refractivity contribution is 5.98. The summed E-state index contributed by atoms with van der Waals surface area (Å²) in [6, 6.07) is 6.62. The van der Waals surface area contributed by atoms with Crippen molar-refractivity contribution < 1.29 is 4.43 Å². The molecule has 0 aliphatic rings. The Morgan fingerprint density at radius 1 is 1.05 bits per heavy atom. The van der Waals surface area contributed by atoms with Crippen LogP contribution in [0.1, 0.15) is 56.4 Å². The summed E-state index contributed by atoms with van der Waals surface area (Å²) < 4.78 is 5.66. The molecule has 20 heavy (non-hydrogen) atoms. The molecule has 1 rings (SSSR count). The first-order valence-electron chi connectivity index (χ1n) is 7.67. The van der Waals surface area contributed by atoms with Gasteiger partial charge in [0.15, 0.2) is 0 Å². The molecule has 0 heterocycles. The molecular formula is C18H28OSi. The van der Waals surface area contributed by atoms with Gasteiger partial charge in [0.25, 0.3) is 0 Å². The van der Waals surface area contributed by atoms with Crippen LogP contribution < -0.4 is 0 Å². The topological polar surface area (TPSA) is 9.23 Å². The third kappa shape index (κ3) is 5.10. The van der Waals surface area contributed by atoms with Gasteiger partial charge in [0, 0.05) is 0 Å². The molecule has 0 bridgehead atoms. The molecule has 1 aromatic rings. The van der Waals surface area contributed by atoms with Gasteiger partial charge in [-0.25, -0.2) is 0 Å². The van der Waals surface area contributed by atoms with Crippen molar-refractivity contribution in [3.8, 4) is 0 Å². The third-order valence-corrected chi connectivity index (χ3v) is 4.27. The van der Waals surface area contributed by atoms with Crippen LogP contribution in [0.2, 0.25) is 0 Å². The van der Waals surface area contributed by atoms with Gasteiger partial charge in [0.2, 0.25) is 0 Å². The van der Waals surface area contributed by atoms with E-state index in [0.717, 1.165) is 36.2 Å². The van der Waals surface area contributed by atoms with E-state index in [4.69, 9.17) is 4.43 Å². The highest BCUT2D eigenvalue weighted by Crippen LogP contribution is 2.25. The van der Waals surface area contributed by atoms with E-state index in [2.05, 4.69) is 63.3 Å². The van der Waals surface area contributed by atoms with E-state index in [1.165, 1.54) is 16.7 Å². The maximum absolute atomic E-state index is 5.66. The smallest absolute Gasteiger partial charge is 0.146 e. The maximum atomic E-state index is 5.66. The molecule has 110 valence electrons. The highest BCUT2D eigenvalue weighted by atomic mass is 28.2. The molecule has 0 saturated carbocycles. The summed E-state index contributed by atoms with van der Waals surface area (Å²) in [4.78, 5) is 0. The van der Waals surface area contributed by atoms with Crippen molar-refractivity contribution in [2.24, 2.45) is 0 Å². The van der Waals surface area contributed by atoms with Crippen LogP contribution in [-0.4, -0.2) is 10.5 Å². The Balaban J connectivity index is 3.07. The maximum Gasteiger partial charge on any atom is 0.146 e. The van der Waals surface area contributed by atoms with E-state index in [9.17, 15) is 0 Å². The lowest BCUT2D eigenvalue weighted by atomic mass is 9.93. The van der Waals surface area contributed by atoms with Gasteiger partial charge in [-0.2, -0.15) is 0 Å². The van der Waals surface area contributed by atoms with Crippen molar-refractivity contribution in [2.75, 3.05) is 0 Å². The summed E-state index contributed by atoms with van der Waals surface area (Å²) in [6.45, 7) is 6.51. The number of rotatable bonds is 8. The van der Waals surface area contributed by atoms with Crippen LogP contribution in [0.3, 0.4) is 0 Å². The minimum absolute atomic E-state index is 0.210. The molecule has 1 aromatic carbocycles. The fraction of sp³-hybridized carbons (Fsp3) is 0.444. The SMILES string of the molecule is CCC=CCc1cccc(C(C)O[SiH3])c1CC=CCC. The second-order valence-electron chi connectivity index (χ2n) is 5.03. The van der Waals surface area contributed by atoms with Crippen LogP contribution in [0.5, 0.6) is 0 Å². The van der Waals surface area contributed by atoms with Gasteiger partial charge in [-0.05, 0) is 49.3 Å². The van der Waals surface area contributed by atoms with Crippen molar-refractivity contribution in [1.82, 2.24) is 0 Å². The van der Waals surface area contributed by atoms with Crippen molar-refractivity contribution in [1.29, 1.82) is 0 Å². The van der Waals surface area contributed by atoms with Gasteiger partial charge in [-0.1, -0.05) is 56.4 Å². The second kappa shape index (κ2) is 9.73. The molecule has 1 nitrogen and oxygen atoms in total. The molecule has 1 atom stereocenters. The summed E-state index contributed by atoms with van der Waals surface area (Å²) in [5.41, 5.74) is 4.22. The lowest BCUT2D eigenvalue weighted by Crippen LogP contribution is -2.04. The van der Waals surface area contributed by atoms with Crippen LogP contribution in [0, 0.1) is 0 Å². The van der Waals surface area contributed by atoms with Gasteiger partial charge >= 0.3 is 0 Å². The van der Waals surface area contributed by atoms with Crippen molar-refractivity contribution in [3.05, 3.63) is 59.2 Å². The number of allylic oxidation sites excluding steroid dienone is 4. The van der Waals surface area contributed by atoms with Gasteiger partial charge < -0.3 is 4.43 Å². The normalized spacial score (nSPS) is 13.6. The number of benzene rings is 1. The van der Waals surface area contributed by atoms with E-state index in [-0.39, 0.29) is 6.10 Å². The summed E-state index contributed by atoms with van der Waals surface area (Å²) >= 11 is 0. The predicted molar refractivity (Wildman–Crippen MR) is 92.2 cm³/mol. The van der Waals surface area contributed by atoms with Crippen molar-refractivity contribution in [2.45, 2.75) is 52.6 Å². The number of hydrogen-bond donors (Lipinski definition) is 0. The predicted octanol–water partition coefficient (Wildman–Crippen LogP) is 4.06. The lowest BCUT2D eigenvalue weighted by Gasteiger charge is -2.18. The fourth-order valence-electron chi connectivity index (χ4n) is 2.35. The van der Waals surface area contributed by atoms with Crippen molar-refractivity contribution >= 4 is 10.5 Å². The molecule has 0 radical (unpaired) electrons. The first kappa shape index (κ1) is 16.9. The highest BCUT2D eigenvalue weighted by Gasteiger charge is 2.11.